The number of nitrogens with one attached hydrogen (secondary N) is 2. The molecule has 25 heavy (non-hydrogen) atoms. The van der Waals surface area contributed by atoms with E-state index in [1.807, 2.05) is 24.3 Å². The van der Waals surface area contributed by atoms with E-state index in [1.165, 1.54) is 17.7 Å². The van der Waals surface area contributed by atoms with Crippen molar-refractivity contribution in [3.63, 3.8) is 0 Å². The third kappa shape index (κ3) is 5.48. The van der Waals surface area contributed by atoms with Crippen molar-refractivity contribution in [2.45, 2.75) is 26.2 Å². The summed E-state index contributed by atoms with van der Waals surface area (Å²) in [7, 11) is 0. The molecule has 0 heterocycles. The van der Waals surface area contributed by atoms with Crippen LogP contribution in [0.5, 0.6) is 0 Å². The normalized spacial score (nSPS) is 11.1. The number of amides is 2. The van der Waals surface area contributed by atoms with Crippen LogP contribution in [0.1, 0.15) is 36.7 Å². The van der Waals surface area contributed by atoms with Gasteiger partial charge >= 0.3 is 0 Å². The van der Waals surface area contributed by atoms with Crippen LogP contribution in [0.15, 0.2) is 42.5 Å². The second kappa shape index (κ2) is 7.89. The van der Waals surface area contributed by atoms with Gasteiger partial charge in [-0.1, -0.05) is 56.1 Å². The molecule has 4 nitrogen and oxygen atoms in total. The van der Waals surface area contributed by atoms with Gasteiger partial charge in [0.05, 0.1) is 17.1 Å². The van der Waals surface area contributed by atoms with E-state index in [2.05, 4.69) is 31.4 Å². The summed E-state index contributed by atoms with van der Waals surface area (Å²) in [4.78, 5) is 24.1. The van der Waals surface area contributed by atoms with Gasteiger partial charge in [0.1, 0.15) is 0 Å². The molecule has 2 aromatic carbocycles. The summed E-state index contributed by atoms with van der Waals surface area (Å²) in [5, 5.41) is 5.96. The first-order chi connectivity index (χ1) is 11.7. The topological polar surface area (TPSA) is 58.2 Å². The maximum Gasteiger partial charge on any atom is 0.253 e. The van der Waals surface area contributed by atoms with Gasteiger partial charge in [-0.2, -0.15) is 0 Å². The van der Waals surface area contributed by atoms with Crippen molar-refractivity contribution >= 4 is 40.7 Å². The zero-order valence-electron chi connectivity index (χ0n) is 14.3. The van der Waals surface area contributed by atoms with Gasteiger partial charge in [0.2, 0.25) is 5.91 Å². The van der Waals surface area contributed by atoms with Crippen molar-refractivity contribution in [1.82, 2.24) is 5.32 Å². The smallest absolute Gasteiger partial charge is 0.253 e. The fourth-order valence-electron chi connectivity index (χ4n) is 2.19. The summed E-state index contributed by atoms with van der Waals surface area (Å²) in [6.07, 6.45) is 0. The van der Waals surface area contributed by atoms with Gasteiger partial charge in [-0.05, 0) is 41.3 Å². The highest BCUT2D eigenvalue weighted by Crippen LogP contribution is 2.23. The molecule has 0 aliphatic rings. The van der Waals surface area contributed by atoms with Crippen molar-refractivity contribution in [1.29, 1.82) is 0 Å². The van der Waals surface area contributed by atoms with Crippen LogP contribution in [-0.2, 0) is 10.2 Å². The standard InChI is InChI=1S/C19H20Cl2N2O2/c1-19(2,3)12-4-7-14(8-5-12)23-17(24)11-22-18(25)15-9-6-13(20)10-16(15)21/h4-10H,11H2,1-3H3,(H,22,25)(H,23,24). The van der Waals surface area contributed by atoms with Crippen LogP contribution < -0.4 is 10.6 Å². The van der Waals surface area contributed by atoms with Crippen LogP contribution in [0.25, 0.3) is 0 Å². The molecule has 2 amide bonds. The molecule has 0 aromatic heterocycles. The molecular weight excluding hydrogens is 359 g/mol. The summed E-state index contributed by atoms with van der Waals surface area (Å²) in [6, 6.07) is 12.2. The molecule has 6 heteroatoms. The third-order valence-electron chi connectivity index (χ3n) is 3.62. The van der Waals surface area contributed by atoms with E-state index in [9.17, 15) is 9.59 Å². The summed E-state index contributed by atoms with van der Waals surface area (Å²) >= 11 is 11.8. The summed E-state index contributed by atoms with van der Waals surface area (Å²) in [6.45, 7) is 6.22. The summed E-state index contributed by atoms with van der Waals surface area (Å²) in [5.41, 5.74) is 2.18. The molecular formula is C19H20Cl2N2O2. The van der Waals surface area contributed by atoms with Crippen molar-refractivity contribution < 1.29 is 9.59 Å². The number of carbonyl (C=O) groups is 2. The van der Waals surface area contributed by atoms with Gasteiger partial charge in [-0.15, -0.1) is 0 Å². The van der Waals surface area contributed by atoms with Crippen molar-refractivity contribution in [3.05, 3.63) is 63.6 Å². The molecule has 2 N–H and O–H groups in total. The third-order valence-corrected chi connectivity index (χ3v) is 4.17. The minimum Gasteiger partial charge on any atom is -0.343 e. The van der Waals surface area contributed by atoms with Crippen LogP contribution in [-0.4, -0.2) is 18.4 Å². The van der Waals surface area contributed by atoms with Gasteiger partial charge in [0.25, 0.3) is 5.91 Å². The second-order valence-corrected chi connectivity index (χ2v) is 7.53. The van der Waals surface area contributed by atoms with E-state index in [0.717, 1.165) is 0 Å². The Kier molecular flexibility index (Phi) is 6.09. The quantitative estimate of drug-likeness (QED) is 0.812. The Labute approximate surface area is 157 Å². The molecule has 0 atom stereocenters. The number of benzene rings is 2. The maximum atomic E-state index is 12.1. The predicted octanol–water partition coefficient (Wildman–Crippen LogP) is 4.66. The molecule has 0 fully saturated rings. The van der Waals surface area contributed by atoms with E-state index < -0.39 is 5.91 Å². The number of carbonyl (C=O) groups excluding carboxylic acids is 2. The molecule has 0 aliphatic carbocycles. The Morgan fingerprint density at radius 2 is 1.64 bits per heavy atom. The van der Waals surface area contributed by atoms with Crippen LogP contribution in [0.4, 0.5) is 5.69 Å². The zero-order chi connectivity index (χ0) is 18.6. The van der Waals surface area contributed by atoms with E-state index >= 15 is 0 Å². The largest absolute Gasteiger partial charge is 0.343 e. The number of anilines is 1. The summed E-state index contributed by atoms with van der Waals surface area (Å²) < 4.78 is 0. The molecule has 0 bridgehead atoms. The first-order valence-electron chi connectivity index (χ1n) is 7.80. The molecule has 0 spiro atoms. The van der Waals surface area contributed by atoms with E-state index in [1.54, 1.807) is 6.07 Å². The number of rotatable bonds is 4. The fourth-order valence-corrected chi connectivity index (χ4v) is 2.68. The number of hydrogen-bond donors (Lipinski definition) is 2. The average Bonchev–Trinajstić information content (AvgIpc) is 2.52. The number of hydrogen-bond acceptors (Lipinski definition) is 2. The van der Waals surface area contributed by atoms with Crippen LogP contribution in [0, 0.1) is 0 Å². The van der Waals surface area contributed by atoms with Crippen molar-refractivity contribution in [3.8, 4) is 0 Å². The van der Waals surface area contributed by atoms with Crippen molar-refractivity contribution in [2.75, 3.05) is 11.9 Å². The Hall–Kier alpha value is -2.04. The van der Waals surface area contributed by atoms with Gasteiger partial charge < -0.3 is 10.6 Å². The molecule has 2 rings (SSSR count). The minimum atomic E-state index is -0.431. The van der Waals surface area contributed by atoms with Crippen LogP contribution in [0.2, 0.25) is 10.0 Å². The Bertz CT molecular complexity index is 781. The lowest BCUT2D eigenvalue weighted by molar-refractivity contribution is -0.115. The molecule has 132 valence electrons. The van der Waals surface area contributed by atoms with E-state index in [-0.39, 0.29) is 28.5 Å². The summed E-state index contributed by atoms with van der Waals surface area (Å²) in [5.74, 6) is -0.748. The van der Waals surface area contributed by atoms with Crippen molar-refractivity contribution in [2.24, 2.45) is 0 Å². The Balaban J connectivity index is 1.91. The van der Waals surface area contributed by atoms with Gasteiger partial charge in [-0.25, -0.2) is 0 Å². The lowest BCUT2D eigenvalue weighted by Gasteiger charge is -2.19. The first kappa shape index (κ1) is 19.3. The molecule has 0 saturated heterocycles. The van der Waals surface area contributed by atoms with E-state index in [4.69, 9.17) is 23.2 Å². The minimum absolute atomic E-state index is 0.0500. The molecule has 0 radical (unpaired) electrons. The monoisotopic (exact) mass is 378 g/mol. The SMILES string of the molecule is CC(C)(C)c1ccc(NC(=O)CNC(=O)c2ccc(Cl)cc2Cl)cc1. The average molecular weight is 379 g/mol. The van der Waals surface area contributed by atoms with Gasteiger partial charge in [-0.3, -0.25) is 9.59 Å². The lowest BCUT2D eigenvalue weighted by Crippen LogP contribution is -2.33. The highest BCUT2D eigenvalue weighted by atomic mass is 35.5. The number of halogens is 2. The predicted molar refractivity (Wildman–Crippen MR) is 103 cm³/mol. The lowest BCUT2D eigenvalue weighted by atomic mass is 9.87. The highest BCUT2D eigenvalue weighted by Gasteiger charge is 2.14. The van der Waals surface area contributed by atoms with Crippen LogP contribution in [0.3, 0.4) is 0 Å². The Morgan fingerprint density at radius 1 is 1.00 bits per heavy atom. The Morgan fingerprint density at radius 3 is 2.20 bits per heavy atom. The molecule has 0 saturated carbocycles. The fraction of sp³-hybridized carbons (Fsp3) is 0.263. The first-order valence-corrected chi connectivity index (χ1v) is 8.56. The maximum absolute atomic E-state index is 12.1. The molecule has 0 unspecified atom stereocenters. The highest BCUT2D eigenvalue weighted by molar-refractivity contribution is 6.36. The second-order valence-electron chi connectivity index (χ2n) is 6.68. The molecule has 0 aliphatic heterocycles. The van der Waals surface area contributed by atoms with Gasteiger partial charge in [0, 0.05) is 10.7 Å². The zero-order valence-corrected chi connectivity index (χ0v) is 15.8. The molecule has 2 aromatic rings. The van der Waals surface area contributed by atoms with E-state index in [0.29, 0.717) is 10.7 Å². The van der Waals surface area contributed by atoms with Crippen LogP contribution >= 0.6 is 23.2 Å². The van der Waals surface area contributed by atoms with Gasteiger partial charge in [0.15, 0.2) is 0 Å².